The zero-order chi connectivity index (χ0) is 15.6. The Hall–Kier alpha value is -2.11. The average molecular weight is 292 g/mol. The van der Waals surface area contributed by atoms with E-state index in [1.165, 1.54) is 4.90 Å². The van der Waals surface area contributed by atoms with Gasteiger partial charge in [-0.3, -0.25) is 14.4 Å². The maximum atomic E-state index is 12.6. The molecule has 1 amide bonds. The maximum absolute atomic E-state index is 12.6. The largest absolute Gasteiger partial charge is 0.465 e. The van der Waals surface area contributed by atoms with Gasteiger partial charge in [-0.15, -0.1) is 0 Å². The molecule has 114 valence electrons. The van der Waals surface area contributed by atoms with Gasteiger partial charge < -0.3 is 14.6 Å². The molecular weight excluding hydrogens is 272 g/mol. The Kier molecular flexibility index (Phi) is 4.45. The number of carbonyl (C=O) groups is 2. The molecule has 0 unspecified atom stereocenters. The number of esters is 1. The lowest BCUT2D eigenvalue weighted by Gasteiger charge is -2.21. The fourth-order valence-corrected chi connectivity index (χ4v) is 2.36. The molecule has 1 aromatic rings. The molecule has 1 saturated carbocycles. The Morgan fingerprint density at radius 2 is 2.05 bits per heavy atom. The van der Waals surface area contributed by atoms with Crippen molar-refractivity contribution < 1.29 is 14.3 Å². The Balaban J connectivity index is 2.27. The molecule has 1 aliphatic rings. The summed E-state index contributed by atoms with van der Waals surface area (Å²) in [5.74, 6) is -0.844. The molecule has 0 spiro atoms. The summed E-state index contributed by atoms with van der Waals surface area (Å²) in [6.07, 6.45) is 1.71. The van der Waals surface area contributed by atoms with E-state index in [2.05, 4.69) is 4.98 Å². The standard InChI is InChI=1S/C15H20N2O4/c1-4-21-12(18)8-17(11-5-6-11)15(20)13-9(2)7-10(3)16-14(13)19/h7,11H,4-6,8H2,1-3H3,(H,16,19). The number of H-pyrrole nitrogens is 1. The van der Waals surface area contributed by atoms with Crippen LogP contribution in [0.15, 0.2) is 10.9 Å². The SMILES string of the molecule is CCOC(=O)CN(C(=O)c1c(C)cc(C)[nH]c1=O)C1CC1. The van der Waals surface area contributed by atoms with Crippen molar-refractivity contribution in [1.82, 2.24) is 9.88 Å². The van der Waals surface area contributed by atoms with Gasteiger partial charge in [-0.2, -0.15) is 0 Å². The number of nitrogens with zero attached hydrogens (tertiary/aromatic N) is 1. The molecule has 1 aromatic heterocycles. The predicted molar refractivity (Wildman–Crippen MR) is 77.2 cm³/mol. The van der Waals surface area contributed by atoms with E-state index in [0.717, 1.165) is 12.8 Å². The van der Waals surface area contributed by atoms with E-state index in [9.17, 15) is 14.4 Å². The van der Waals surface area contributed by atoms with E-state index in [1.807, 2.05) is 0 Å². The molecule has 0 aliphatic heterocycles. The Labute approximate surface area is 123 Å². The van der Waals surface area contributed by atoms with Crippen LogP contribution >= 0.6 is 0 Å². The highest BCUT2D eigenvalue weighted by molar-refractivity contribution is 5.97. The smallest absolute Gasteiger partial charge is 0.325 e. The summed E-state index contributed by atoms with van der Waals surface area (Å²) in [5, 5.41) is 0. The summed E-state index contributed by atoms with van der Waals surface area (Å²) in [6, 6.07) is 1.78. The van der Waals surface area contributed by atoms with Crippen LogP contribution in [0.4, 0.5) is 0 Å². The number of rotatable bonds is 5. The van der Waals surface area contributed by atoms with E-state index in [4.69, 9.17) is 4.74 Å². The summed E-state index contributed by atoms with van der Waals surface area (Å²) in [6.45, 7) is 5.38. The number of hydrogen-bond acceptors (Lipinski definition) is 4. The topological polar surface area (TPSA) is 79.5 Å². The number of ether oxygens (including phenoxy) is 1. The lowest BCUT2D eigenvalue weighted by atomic mass is 10.1. The van der Waals surface area contributed by atoms with Gasteiger partial charge in [-0.05, 0) is 45.2 Å². The number of carbonyl (C=O) groups excluding carboxylic acids is 2. The van der Waals surface area contributed by atoms with Crippen molar-refractivity contribution in [3.8, 4) is 0 Å². The molecule has 0 aromatic carbocycles. The van der Waals surface area contributed by atoms with E-state index < -0.39 is 17.4 Å². The zero-order valence-electron chi connectivity index (χ0n) is 12.6. The number of amides is 1. The Morgan fingerprint density at radius 3 is 2.57 bits per heavy atom. The second-order valence-electron chi connectivity index (χ2n) is 5.31. The average Bonchev–Trinajstić information content (AvgIpc) is 3.19. The minimum absolute atomic E-state index is 0.0296. The van der Waals surface area contributed by atoms with Gasteiger partial charge in [0.1, 0.15) is 12.1 Å². The van der Waals surface area contributed by atoms with Crippen LogP contribution in [0, 0.1) is 13.8 Å². The summed E-state index contributed by atoms with van der Waals surface area (Å²) in [5.41, 5.74) is 1.02. The van der Waals surface area contributed by atoms with E-state index >= 15 is 0 Å². The molecule has 1 heterocycles. The van der Waals surface area contributed by atoms with E-state index in [1.54, 1.807) is 26.8 Å². The first-order valence-corrected chi connectivity index (χ1v) is 7.11. The molecule has 0 saturated heterocycles. The number of hydrogen-bond donors (Lipinski definition) is 1. The molecule has 1 aliphatic carbocycles. The van der Waals surface area contributed by atoms with Gasteiger partial charge >= 0.3 is 5.97 Å². The first-order chi connectivity index (χ1) is 9.93. The van der Waals surface area contributed by atoms with Crippen LogP contribution in [-0.4, -0.2) is 41.0 Å². The third kappa shape index (κ3) is 3.51. The van der Waals surface area contributed by atoms with Gasteiger partial charge in [0.15, 0.2) is 0 Å². The molecule has 1 fully saturated rings. The minimum Gasteiger partial charge on any atom is -0.465 e. The van der Waals surface area contributed by atoms with Crippen LogP contribution in [0.5, 0.6) is 0 Å². The highest BCUT2D eigenvalue weighted by atomic mass is 16.5. The van der Waals surface area contributed by atoms with Crippen LogP contribution in [0.2, 0.25) is 0 Å². The molecule has 0 atom stereocenters. The van der Waals surface area contributed by atoms with Crippen LogP contribution in [0.25, 0.3) is 0 Å². The highest BCUT2D eigenvalue weighted by Crippen LogP contribution is 2.28. The summed E-state index contributed by atoms with van der Waals surface area (Å²) < 4.78 is 4.90. The quantitative estimate of drug-likeness (QED) is 0.826. The lowest BCUT2D eigenvalue weighted by molar-refractivity contribution is -0.144. The minimum atomic E-state index is -0.445. The molecule has 6 nitrogen and oxygen atoms in total. The second kappa shape index (κ2) is 6.11. The van der Waals surface area contributed by atoms with E-state index in [0.29, 0.717) is 11.3 Å². The fraction of sp³-hybridized carbons (Fsp3) is 0.533. The first kappa shape index (κ1) is 15.3. The molecule has 0 bridgehead atoms. The van der Waals surface area contributed by atoms with Crippen molar-refractivity contribution in [3.63, 3.8) is 0 Å². The number of aryl methyl sites for hydroxylation is 2. The summed E-state index contributed by atoms with van der Waals surface area (Å²) >= 11 is 0. The van der Waals surface area contributed by atoms with Gasteiger partial charge in [0.2, 0.25) is 0 Å². The molecular formula is C15H20N2O4. The second-order valence-corrected chi connectivity index (χ2v) is 5.31. The molecule has 21 heavy (non-hydrogen) atoms. The zero-order valence-corrected chi connectivity index (χ0v) is 12.6. The first-order valence-electron chi connectivity index (χ1n) is 7.11. The highest BCUT2D eigenvalue weighted by Gasteiger charge is 2.36. The number of nitrogens with one attached hydrogen (secondary N) is 1. The lowest BCUT2D eigenvalue weighted by Crippen LogP contribution is -2.41. The Morgan fingerprint density at radius 1 is 1.38 bits per heavy atom. The fourth-order valence-electron chi connectivity index (χ4n) is 2.36. The summed E-state index contributed by atoms with van der Waals surface area (Å²) in [4.78, 5) is 40.4. The van der Waals surface area contributed by atoms with Crippen LogP contribution < -0.4 is 5.56 Å². The van der Waals surface area contributed by atoms with E-state index in [-0.39, 0.29) is 24.8 Å². The van der Waals surface area contributed by atoms with Crippen molar-refractivity contribution in [2.75, 3.05) is 13.2 Å². The van der Waals surface area contributed by atoms with Crippen molar-refractivity contribution in [2.45, 2.75) is 39.7 Å². The van der Waals surface area contributed by atoms with Gasteiger partial charge in [0, 0.05) is 11.7 Å². The third-order valence-corrected chi connectivity index (χ3v) is 3.43. The van der Waals surface area contributed by atoms with Crippen LogP contribution in [0.3, 0.4) is 0 Å². The Bertz CT molecular complexity index is 617. The predicted octanol–water partition coefficient (Wildman–Crippen LogP) is 1.16. The molecule has 6 heteroatoms. The van der Waals surface area contributed by atoms with Crippen molar-refractivity contribution >= 4 is 11.9 Å². The van der Waals surface area contributed by atoms with Crippen molar-refractivity contribution in [1.29, 1.82) is 0 Å². The maximum Gasteiger partial charge on any atom is 0.325 e. The molecule has 2 rings (SSSR count). The third-order valence-electron chi connectivity index (χ3n) is 3.43. The molecule has 0 radical (unpaired) electrons. The van der Waals surface area contributed by atoms with Crippen molar-refractivity contribution in [3.05, 3.63) is 33.2 Å². The van der Waals surface area contributed by atoms with Crippen molar-refractivity contribution in [2.24, 2.45) is 0 Å². The summed E-state index contributed by atoms with van der Waals surface area (Å²) in [7, 11) is 0. The normalized spacial score (nSPS) is 13.9. The monoisotopic (exact) mass is 292 g/mol. The van der Waals surface area contributed by atoms with Crippen LogP contribution in [-0.2, 0) is 9.53 Å². The van der Waals surface area contributed by atoms with Gasteiger partial charge in [-0.25, -0.2) is 0 Å². The van der Waals surface area contributed by atoms with Crippen LogP contribution in [0.1, 0.15) is 41.4 Å². The number of pyridine rings is 1. The van der Waals surface area contributed by atoms with Gasteiger partial charge in [0.05, 0.1) is 6.61 Å². The number of aromatic amines is 1. The molecule has 1 N–H and O–H groups in total. The van der Waals surface area contributed by atoms with Gasteiger partial charge in [0.25, 0.3) is 11.5 Å². The number of aromatic nitrogens is 1. The van der Waals surface area contributed by atoms with Gasteiger partial charge in [-0.1, -0.05) is 0 Å².